The Kier molecular flexibility index (Phi) is 6.19. The molecule has 0 aliphatic carbocycles. The van der Waals surface area contributed by atoms with Crippen LogP contribution in [0.3, 0.4) is 0 Å². The summed E-state index contributed by atoms with van der Waals surface area (Å²) in [4.78, 5) is 17.3. The molecule has 8 nitrogen and oxygen atoms in total. The Hall–Kier alpha value is -3.37. The van der Waals surface area contributed by atoms with Crippen molar-refractivity contribution < 1.29 is 28.6 Å². The van der Waals surface area contributed by atoms with E-state index in [-0.39, 0.29) is 11.4 Å². The van der Waals surface area contributed by atoms with E-state index >= 15 is 0 Å². The number of carbonyl (C=O) groups excluding carboxylic acids is 1. The van der Waals surface area contributed by atoms with Gasteiger partial charge in [0, 0.05) is 23.1 Å². The molecule has 0 amide bonds. The van der Waals surface area contributed by atoms with Crippen LogP contribution in [0.15, 0.2) is 62.8 Å². The fourth-order valence-electron chi connectivity index (χ4n) is 2.79. The molecule has 0 N–H and O–H groups in total. The maximum Gasteiger partial charge on any atom is 0.307 e. The SMILES string of the molecule is COc1ccc(-c2csc(SCC(=O)c3c([O-])on[n+]3-c3ccc(OC)cc3)n2)cc1. The molecule has 0 saturated heterocycles. The van der Waals surface area contributed by atoms with Gasteiger partial charge in [0.25, 0.3) is 0 Å². The van der Waals surface area contributed by atoms with Crippen molar-refractivity contribution in [2.24, 2.45) is 0 Å². The summed E-state index contributed by atoms with van der Waals surface area (Å²) in [6.07, 6.45) is 0. The van der Waals surface area contributed by atoms with Gasteiger partial charge in [0.2, 0.25) is 11.5 Å². The Bertz CT molecular complexity index is 1190. The zero-order valence-electron chi connectivity index (χ0n) is 16.6. The minimum Gasteiger partial charge on any atom is -0.539 e. The third-order valence-electron chi connectivity index (χ3n) is 4.39. The summed E-state index contributed by atoms with van der Waals surface area (Å²) in [6.45, 7) is 0. The lowest BCUT2D eigenvalue weighted by molar-refractivity contribution is -0.672. The van der Waals surface area contributed by atoms with Crippen molar-refractivity contribution in [1.82, 2.24) is 10.3 Å². The maximum absolute atomic E-state index is 12.8. The number of aromatic nitrogens is 3. The average Bonchev–Trinajstić information content (AvgIpc) is 3.44. The topological polar surface area (TPSA) is 101 Å². The lowest BCUT2D eigenvalue weighted by atomic mass is 10.2. The number of carbonyl (C=O) groups is 1. The highest BCUT2D eigenvalue weighted by Crippen LogP contribution is 2.30. The van der Waals surface area contributed by atoms with Crippen molar-refractivity contribution in [2.45, 2.75) is 4.34 Å². The van der Waals surface area contributed by atoms with Crippen molar-refractivity contribution in [1.29, 1.82) is 0 Å². The van der Waals surface area contributed by atoms with E-state index < -0.39 is 11.7 Å². The Balaban J connectivity index is 1.47. The molecule has 0 radical (unpaired) electrons. The normalized spacial score (nSPS) is 10.8. The molecule has 31 heavy (non-hydrogen) atoms. The molecule has 0 unspecified atom stereocenters. The fraction of sp³-hybridized carbons (Fsp3) is 0.143. The number of thiazole rings is 1. The number of benzene rings is 2. The smallest absolute Gasteiger partial charge is 0.307 e. The summed E-state index contributed by atoms with van der Waals surface area (Å²) in [5.41, 5.74) is 2.15. The maximum atomic E-state index is 12.8. The summed E-state index contributed by atoms with van der Waals surface area (Å²) >= 11 is 2.69. The second-order valence-corrected chi connectivity index (χ2v) is 8.34. The molecule has 0 saturated carbocycles. The molecule has 4 aromatic rings. The van der Waals surface area contributed by atoms with E-state index in [1.54, 1.807) is 38.5 Å². The number of hydrogen-bond acceptors (Lipinski definition) is 9. The van der Waals surface area contributed by atoms with E-state index in [0.29, 0.717) is 11.4 Å². The number of rotatable bonds is 8. The van der Waals surface area contributed by atoms with Crippen molar-refractivity contribution in [3.8, 4) is 34.4 Å². The predicted octanol–water partition coefficient (Wildman–Crippen LogP) is 3.14. The fourth-order valence-corrected chi connectivity index (χ4v) is 4.49. The van der Waals surface area contributed by atoms with Crippen LogP contribution < -0.4 is 19.3 Å². The van der Waals surface area contributed by atoms with Crippen LogP contribution in [0.25, 0.3) is 16.9 Å². The number of thioether (sulfide) groups is 1. The summed E-state index contributed by atoms with van der Waals surface area (Å²) in [7, 11) is 3.17. The van der Waals surface area contributed by atoms with Gasteiger partial charge in [0.1, 0.15) is 11.5 Å². The molecule has 0 spiro atoms. The largest absolute Gasteiger partial charge is 0.539 e. The lowest BCUT2D eigenvalue weighted by Gasteiger charge is -2.00. The van der Waals surface area contributed by atoms with Gasteiger partial charge in [0.05, 0.1) is 30.9 Å². The molecule has 2 aromatic carbocycles. The van der Waals surface area contributed by atoms with E-state index in [9.17, 15) is 9.90 Å². The molecule has 0 aliphatic rings. The third kappa shape index (κ3) is 4.54. The van der Waals surface area contributed by atoms with Gasteiger partial charge in [-0.05, 0) is 41.1 Å². The first-order chi connectivity index (χ1) is 15.1. The van der Waals surface area contributed by atoms with Gasteiger partial charge in [-0.25, -0.2) is 4.98 Å². The monoisotopic (exact) mass is 455 g/mol. The third-order valence-corrected chi connectivity index (χ3v) is 6.41. The summed E-state index contributed by atoms with van der Waals surface area (Å²) in [5, 5.41) is 17.7. The van der Waals surface area contributed by atoms with Crippen molar-refractivity contribution in [3.05, 3.63) is 59.6 Å². The van der Waals surface area contributed by atoms with Crippen LogP contribution in [-0.2, 0) is 0 Å². The molecule has 4 rings (SSSR count). The van der Waals surface area contributed by atoms with Crippen molar-refractivity contribution in [3.63, 3.8) is 0 Å². The van der Waals surface area contributed by atoms with Crippen molar-refractivity contribution in [2.75, 3.05) is 20.0 Å². The van der Waals surface area contributed by atoms with Crippen LogP contribution in [0.2, 0.25) is 0 Å². The number of ketones is 1. The minimum absolute atomic E-state index is 0.0299. The van der Waals surface area contributed by atoms with Gasteiger partial charge in [-0.15, -0.1) is 11.3 Å². The highest BCUT2D eigenvalue weighted by molar-refractivity contribution is 8.01. The molecular weight excluding hydrogens is 438 g/mol. The molecule has 158 valence electrons. The van der Waals surface area contributed by atoms with E-state index in [1.807, 2.05) is 29.6 Å². The number of Topliss-reactive ketones (excluding diaryl/α,β-unsaturated/α-hetero) is 1. The molecule has 2 aromatic heterocycles. The molecule has 0 fully saturated rings. The standard InChI is InChI=1S/C21H17N3O5S2/c1-27-15-7-3-13(4-8-15)17-11-30-21(22-17)31-12-18(25)19-20(26)29-23-24(19)14-5-9-16(28-2)10-6-14/h3-11H,12H2,1-2H3. The van der Waals surface area contributed by atoms with E-state index in [0.717, 1.165) is 21.3 Å². The number of methoxy groups -OCH3 is 2. The molecule has 0 bridgehead atoms. The van der Waals surface area contributed by atoms with E-state index in [2.05, 4.69) is 10.3 Å². The first-order valence-electron chi connectivity index (χ1n) is 9.08. The second-order valence-electron chi connectivity index (χ2n) is 6.26. The Morgan fingerprint density at radius 3 is 2.39 bits per heavy atom. The summed E-state index contributed by atoms with van der Waals surface area (Å²) < 4.78 is 16.9. The predicted molar refractivity (Wildman–Crippen MR) is 113 cm³/mol. The van der Waals surface area contributed by atoms with Gasteiger partial charge in [-0.2, -0.15) is 0 Å². The van der Waals surface area contributed by atoms with Crippen LogP contribution in [0, 0.1) is 0 Å². The molecule has 2 heterocycles. The number of hydrogen-bond donors (Lipinski definition) is 0. The highest BCUT2D eigenvalue weighted by atomic mass is 32.2. The van der Waals surface area contributed by atoms with Crippen LogP contribution >= 0.6 is 23.1 Å². The zero-order chi connectivity index (χ0) is 21.8. The quantitative estimate of drug-likeness (QED) is 0.227. The summed E-state index contributed by atoms with van der Waals surface area (Å²) in [5.74, 6) is 0.275. The minimum atomic E-state index is -0.778. The second kappa shape index (κ2) is 9.19. The van der Waals surface area contributed by atoms with Gasteiger partial charge in [0.15, 0.2) is 10.3 Å². The Labute approximate surface area is 186 Å². The van der Waals surface area contributed by atoms with E-state index in [1.165, 1.54) is 27.8 Å². The Morgan fingerprint density at radius 2 is 1.74 bits per heavy atom. The van der Waals surface area contributed by atoms with E-state index in [4.69, 9.17) is 14.0 Å². The lowest BCUT2D eigenvalue weighted by Crippen LogP contribution is -2.39. The average molecular weight is 456 g/mol. The zero-order valence-corrected chi connectivity index (χ0v) is 18.2. The van der Waals surface area contributed by atoms with Crippen LogP contribution in [0.1, 0.15) is 10.5 Å². The van der Waals surface area contributed by atoms with Gasteiger partial charge >= 0.3 is 5.69 Å². The first kappa shape index (κ1) is 20.9. The summed E-state index contributed by atoms with van der Waals surface area (Å²) in [6, 6.07) is 14.4. The molecule has 0 atom stereocenters. The number of nitrogens with zero attached hydrogens (tertiary/aromatic N) is 3. The van der Waals surface area contributed by atoms with Crippen molar-refractivity contribution >= 4 is 28.9 Å². The molecule has 10 heteroatoms. The van der Waals surface area contributed by atoms with Gasteiger partial charge in [-0.1, -0.05) is 11.8 Å². The van der Waals surface area contributed by atoms with Crippen LogP contribution in [0.5, 0.6) is 17.4 Å². The molecule has 0 aliphatic heterocycles. The van der Waals surface area contributed by atoms with Gasteiger partial charge < -0.3 is 19.1 Å². The molecular formula is C21H17N3O5S2. The Morgan fingerprint density at radius 1 is 1.10 bits per heavy atom. The van der Waals surface area contributed by atoms with Crippen LogP contribution in [0.4, 0.5) is 0 Å². The highest BCUT2D eigenvalue weighted by Gasteiger charge is 2.27. The number of ether oxygens (including phenoxy) is 2. The first-order valence-corrected chi connectivity index (χ1v) is 10.9. The van der Waals surface area contributed by atoms with Gasteiger partial charge in [-0.3, -0.25) is 4.79 Å². The van der Waals surface area contributed by atoms with Crippen LogP contribution in [-0.4, -0.2) is 36.0 Å².